The molecule has 0 spiro atoms. The monoisotopic (exact) mass is 741 g/mol. The van der Waals surface area contributed by atoms with Crippen LogP contribution in [0.15, 0.2) is 224 Å². The second-order valence-corrected chi connectivity index (χ2v) is 15.2. The smallest absolute Gasteiger partial charge is 0.135 e. The summed E-state index contributed by atoms with van der Waals surface area (Å²) < 4.78 is 6.54. The van der Waals surface area contributed by atoms with Crippen LogP contribution in [0.2, 0.25) is 0 Å². The highest BCUT2D eigenvalue weighted by Crippen LogP contribution is 2.50. The number of hydrogen-bond acceptors (Lipinski definition) is 2. The Morgan fingerprint density at radius 3 is 1.86 bits per heavy atom. The van der Waals surface area contributed by atoms with Gasteiger partial charge in [0.15, 0.2) is 0 Å². The van der Waals surface area contributed by atoms with Gasteiger partial charge in [-0.2, -0.15) is 0 Å². The van der Waals surface area contributed by atoms with Gasteiger partial charge in [-0.05, 0) is 85.4 Å². The van der Waals surface area contributed by atoms with Crippen LogP contribution in [0, 0.1) is 0 Å². The Balaban J connectivity index is 1.07. The van der Waals surface area contributed by atoms with Crippen LogP contribution < -0.4 is 9.64 Å². The van der Waals surface area contributed by atoms with E-state index in [2.05, 4.69) is 223 Å². The van der Waals surface area contributed by atoms with Gasteiger partial charge in [-0.1, -0.05) is 194 Å². The van der Waals surface area contributed by atoms with E-state index < -0.39 is 0 Å². The number of para-hydroxylation sites is 2. The van der Waals surface area contributed by atoms with Crippen LogP contribution in [-0.4, -0.2) is 6.04 Å². The largest absolute Gasteiger partial charge is 0.456 e. The fourth-order valence-corrected chi connectivity index (χ4v) is 9.17. The second-order valence-electron chi connectivity index (χ2n) is 15.2. The van der Waals surface area contributed by atoms with E-state index in [1.807, 2.05) is 6.07 Å². The third-order valence-corrected chi connectivity index (χ3v) is 11.9. The lowest BCUT2D eigenvalue weighted by molar-refractivity contribution is 0.486. The van der Waals surface area contributed by atoms with Gasteiger partial charge in [-0.3, -0.25) is 0 Å². The molecule has 1 heterocycles. The molecule has 0 fully saturated rings. The average molecular weight is 742 g/mol. The maximum absolute atomic E-state index is 6.54. The van der Waals surface area contributed by atoms with Crippen molar-refractivity contribution < 1.29 is 4.74 Å². The van der Waals surface area contributed by atoms with Crippen molar-refractivity contribution in [1.82, 2.24) is 0 Å². The Hall–Kier alpha value is -7.42. The number of allylic oxidation sites excluding steroid dienone is 2. The fraction of sp³-hybridized carbons (Fsp3) is 0.0357. The van der Waals surface area contributed by atoms with Crippen LogP contribution in [0.4, 0.5) is 11.4 Å². The molecule has 2 aliphatic rings. The molecule has 2 unspecified atom stereocenters. The van der Waals surface area contributed by atoms with Crippen molar-refractivity contribution in [3.8, 4) is 56.0 Å². The molecule has 0 amide bonds. The number of nitrogens with zero attached hydrogens (tertiary/aromatic N) is 1. The summed E-state index contributed by atoms with van der Waals surface area (Å²) >= 11 is 0. The number of rotatable bonds is 7. The van der Waals surface area contributed by atoms with Crippen molar-refractivity contribution in [3.63, 3.8) is 0 Å². The van der Waals surface area contributed by atoms with E-state index in [0.717, 1.165) is 28.4 Å². The molecule has 0 bridgehead atoms. The first kappa shape index (κ1) is 33.9. The minimum Gasteiger partial charge on any atom is -0.456 e. The van der Waals surface area contributed by atoms with Crippen LogP contribution in [-0.2, 0) is 0 Å². The molecule has 0 saturated carbocycles. The van der Waals surface area contributed by atoms with Gasteiger partial charge in [0.1, 0.15) is 11.5 Å². The van der Waals surface area contributed by atoms with E-state index >= 15 is 0 Å². The third-order valence-electron chi connectivity index (χ3n) is 11.9. The lowest BCUT2D eigenvalue weighted by atomic mass is 9.82. The Morgan fingerprint density at radius 1 is 0.379 bits per heavy atom. The summed E-state index contributed by atoms with van der Waals surface area (Å²) in [5.41, 5.74) is 13.1. The second kappa shape index (κ2) is 14.3. The molecule has 0 N–H and O–H groups in total. The van der Waals surface area contributed by atoms with Crippen molar-refractivity contribution in [1.29, 1.82) is 0 Å². The SMILES string of the molecule is C1=CC(c2ccc3c4c(cccc24)-c2ccccc2O3)C(N(c2ccc(-c3cccc4ccccc34)cc2)c2ccccc2-c2ccc(-c3ccccc3)cc2)C=C1. The van der Waals surface area contributed by atoms with Crippen molar-refractivity contribution in [3.05, 3.63) is 230 Å². The van der Waals surface area contributed by atoms with Crippen molar-refractivity contribution in [2.24, 2.45) is 0 Å². The highest BCUT2D eigenvalue weighted by Gasteiger charge is 2.32. The van der Waals surface area contributed by atoms with E-state index in [1.54, 1.807) is 0 Å². The molecule has 2 atom stereocenters. The highest BCUT2D eigenvalue weighted by molar-refractivity contribution is 6.06. The van der Waals surface area contributed by atoms with Gasteiger partial charge in [-0.15, -0.1) is 0 Å². The molecule has 2 heteroatoms. The molecule has 11 rings (SSSR count). The van der Waals surface area contributed by atoms with Gasteiger partial charge in [0.2, 0.25) is 0 Å². The summed E-state index contributed by atoms with van der Waals surface area (Å²) in [5.74, 6) is 1.85. The molecule has 0 saturated heterocycles. The van der Waals surface area contributed by atoms with Crippen molar-refractivity contribution in [2.75, 3.05) is 4.90 Å². The molecule has 58 heavy (non-hydrogen) atoms. The third kappa shape index (κ3) is 5.81. The quantitative estimate of drug-likeness (QED) is 0.161. The Labute approximate surface area is 339 Å². The number of benzene rings is 9. The Bertz CT molecular complexity index is 3030. The zero-order valence-corrected chi connectivity index (χ0v) is 31.9. The van der Waals surface area contributed by atoms with Crippen LogP contribution in [0.5, 0.6) is 11.5 Å². The fourth-order valence-electron chi connectivity index (χ4n) is 9.17. The standard InChI is InChI=1S/C56H39NO/c1-2-14-38(15-3-1)39-28-30-42(31-29-39)46-19-6-9-25-52(46)57(43-34-32-41(33-35-43)45-22-12-17-40-16-4-5-18-44(40)45)53-26-10-7-20-48(53)47-36-37-55-56-50(47)23-13-24-51(56)49-21-8-11-27-54(49)58-55/h1-37,48,53H. The van der Waals surface area contributed by atoms with Crippen LogP contribution in [0.3, 0.4) is 0 Å². The van der Waals surface area contributed by atoms with Crippen LogP contribution in [0.1, 0.15) is 11.5 Å². The van der Waals surface area contributed by atoms with Crippen LogP contribution >= 0.6 is 0 Å². The summed E-state index contributed by atoms with van der Waals surface area (Å²) in [6, 6.07) is 72.4. The molecule has 9 aromatic rings. The maximum atomic E-state index is 6.54. The van der Waals surface area contributed by atoms with Gasteiger partial charge in [-0.25, -0.2) is 0 Å². The molecule has 9 aromatic carbocycles. The minimum absolute atomic E-state index is 0.0352. The van der Waals surface area contributed by atoms with Crippen molar-refractivity contribution in [2.45, 2.75) is 12.0 Å². The molecule has 2 nitrogen and oxygen atoms in total. The van der Waals surface area contributed by atoms with E-state index in [4.69, 9.17) is 4.74 Å². The summed E-state index contributed by atoms with van der Waals surface area (Å²) in [4.78, 5) is 2.55. The molecule has 0 radical (unpaired) electrons. The minimum atomic E-state index is -0.0352. The molecular weight excluding hydrogens is 703 g/mol. The summed E-state index contributed by atoms with van der Waals surface area (Å²) in [5, 5.41) is 4.89. The van der Waals surface area contributed by atoms with Gasteiger partial charge >= 0.3 is 0 Å². The van der Waals surface area contributed by atoms with E-state index in [9.17, 15) is 0 Å². The number of fused-ring (bicyclic) bond motifs is 3. The zero-order chi connectivity index (χ0) is 38.4. The predicted octanol–water partition coefficient (Wildman–Crippen LogP) is 15.2. The normalized spacial score (nSPS) is 15.2. The lowest BCUT2D eigenvalue weighted by Gasteiger charge is -2.39. The van der Waals surface area contributed by atoms with Gasteiger partial charge in [0.25, 0.3) is 0 Å². The van der Waals surface area contributed by atoms with Crippen molar-refractivity contribution >= 4 is 32.9 Å². The molecule has 1 aliphatic carbocycles. The van der Waals surface area contributed by atoms with Crippen LogP contribution in [0.25, 0.3) is 66.1 Å². The van der Waals surface area contributed by atoms with E-state index in [0.29, 0.717) is 0 Å². The molecule has 1 aliphatic heterocycles. The molecule has 274 valence electrons. The van der Waals surface area contributed by atoms with Gasteiger partial charge in [0, 0.05) is 33.8 Å². The topological polar surface area (TPSA) is 12.5 Å². The van der Waals surface area contributed by atoms with E-state index in [1.165, 1.54) is 66.1 Å². The summed E-state index contributed by atoms with van der Waals surface area (Å²) in [7, 11) is 0. The highest BCUT2D eigenvalue weighted by atomic mass is 16.5. The Kier molecular flexibility index (Phi) is 8.33. The first-order valence-corrected chi connectivity index (χ1v) is 20.1. The average Bonchev–Trinajstić information content (AvgIpc) is 3.30. The predicted molar refractivity (Wildman–Crippen MR) is 243 cm³/mol. The Morgan fingerprint density at radius 2 is 0.983 bits per heavy atom. The number of anilines is 2. The lowest BCUT2D eigenvalue weighted by Crippen LogP contribution is -2.35. The number of ether oxygens (including phenoxy) is 1. The van der Waals surface area contributed by atoms with Gasteiger partial charge < -0.3 is 9.64 Å². The molecular formula is C56H39NO. The zero-order valence-electron chi connectivity index (χ0n) is 31.9. The summed E-state index contributed by atoms with van der Waals surface area (Å²) in [6.45, 7) is 0. The van der Waals surface area contributed by atoms with Gasteiger partial charge in [0.05, 0.1) is 6.04 Å². The first-order chi connectivity index (χ1) is 28.8. The van der Waals surface area contributed by atoms with E-state index in [-0.39, 0.29) is 12.0 Å². The number of hydrogen-bond donors (Lipinski definition) is 0. The maximum Gasteiger partial charge on any atom is 0.135 e. The molecule has 0 aromatic heterocycles. The first-order valence-electron chi connectivity index (χ1n) is 20.1. The summed E-state index contributed by atoms with van der Waals surface area (Å²) in [6.07, 6.45) is 9.17.